The fraction of sp³-hybridized carbons (Fsp3) is 0.0833. The summed E-state index contributed by atoms with van der Waals surface area (Å²) in [6, 6.07) is 19.4. The van der Waals surface area contributed by atoms with Gasteiger partial charge in [-0.1, -0.05) is 47.1 Å². The molecule has 6 nitrogen and oxygen atoms in total. The number of thiophene rings is 1. The van der Waals surface area contributed by atoms with Crippen molar-refractivity contribution < 1.29 is 9.21 Å². The van der Waals surface area contributed by atoms with E-state index in [0.717, 1.165) is 38.2 Å². The maximum atomic E-state index is 13.2. The van der Waals surface area contributed by atoms with Crippen molar-refractivity contribution in [2.45, 2.75) is 13.8 Å². The Bertz CT molecular complexity index is 1410. The third-order valence-electron chi connectivity index (χ3n) is 5.00. The minimum absolute atomic E-state index is 0.0551. The first-order valence-electron chi connectivity index (χ1n) is 9.74. The van der Waals surface area contributed by atoms with Gasteiger partial charge in [0.25, 0.3) is 5.91 Å². The van der Waals surface area contributed by atoms with Gasteiger partial charge in [-0.2, -0.15) is 0 Å². The van der Waals surface area contributed by atoms with Crippen molar-refractivity contribution in [2.24, 2.45) is 0 Å². The molecule has 2 aromatic carbocycles. The molecule has 0 atom stereocenters. The van der Waals surface area contributed by atoms with Gasteiger partial charge in [-0.3, -0.25) is 10.1 Å². The van der Waals surface area contributed by atoms with E-state index in [9.17, 15) is 4.79 Å². The van der Waals surface area contributed by atoms with Crippen LogP contribution in [0, 0.1) is 13.8 Å². The topological polar surface area (TPSA) is 80.9 Å². The first-order valence-corrected chi connectivity index (χ1v) is 10.6. The van der Waals surface area contributed by atoms with E-state index in [-0.39, 0.29) is 11.9 Å². The van der Waals surface area contributed by atoms with Crippen molar-refractivity contribution in [3.8, 4) is 22.0 Å². The number of amides is 1. The second kappa shape index (κ2) is 7.77. The second-order valence-corrected chi connectivity index (χ2v) is 8.18. The number of para-hydroxylation sites is 1. The number of aromatic nitrogens is 3. The molecular weight excluding hydrogens is 408 g/mol. The highest BCUT2D eigenvalue weighted by Gasteiger charge is 2.18. The molecule has 7 heteroatoms. The van der Waals surface area contributed by atoms with E-state index in [4.69, 9.17) is 9.40 Å². The van der Waals surface area contributed by atoms with Gasteiger partial charge in [-0.05, 0) is 49.1 Å². The number of aryl methyl sites for hydroxylation is 2. The van der Waals surface area contributed by atoms with E-state index in [1.165, 1.54) is 0 Å². The van der Waals surface area contributed by atoms with Crippen LogP contribution < -0.4 is 5.32 Å². The van der Waals surface area contributed by atoms with Crippen LogP contribution in [0.4, 0.5) is 6.01 Å². The predicted molar refractivity (Wildman–Crippen MR) is 122 cm³/mol. The molecule has 0 saturated heterocycles. The van der Waals surface area contributed by atoms with E-state index in [1.54, 1.807) is 17.4 Å². The normalized spacial score (nSPS) is 11.0. The van der Waals surface area contributed by atoms with Gasteiger partial charge < -0.3 is 4.42 Å². The highest BCUT2D eigenvalue weighted by molar-refractivity contribution is 7.13. The van der Waals surface area contributed by atoms with E-state index in [2.05, 4.69) is 15.5 Å². The fourth-order valence-electron chi connectivity index (χ4n) is 3.43. The lowest BCUT2D eigenvalue weighted by Crippen LogP contribution is -2.13. The molecule has 0 aliphatic heterocycles. The van der Waals surface area contributed by atoms with Gasteiger partial charge in [-0.25, -0.2) is 4.98 Å². The molecule has 0 saturated carbocycles. The zero-order valence-corrected chi connectivity index (χ0v) is 17.7. The molecule has 0 radical (unpaired) electrons. The fourth-order valence-corrected chi connectivity index (χ4v) is 4.11. The van der Waals surface area contributed by atoms with Crippen LogP contribution in [0.15, 0.2) is 70.5 Å². The number of rotatable bonds is 4. The lowest BCUT2D eigenvalue weighted by molar-refractivity contribution is 0.102. The summed E-state index contributed by atoms with van der Waals surface area (Å²) in [6.07, 6.45) is 0. The summed E-state index contributed by atoms with van der Waals surface area (Å²) < 4.78 is 5.74. The van der Waals surface area contributed by atoms with Gasteiger partial charge in [-0.15, -0.1) is 16.4 Å². The third-order valence-corrected chi connectivity index (χ3v) is 5.90. The van der Waals surface area contributed by atoms with E-state index < -0.39 is 0 Å². The number of hydrogen-bond acceptors (Lipinski definition) is 6. The zero-order valence-electron chi connectivity index (χ0n) is 16.9. The van der Waals surface area contributed by atoms with Gasteiger partial charge in [0.05, 0.1) is 21.7 Å². The summed E-state index contributed by atoms with van der Waals surface area (Å²) in [4.78, 5) is 18.9. The van der Waals surface area contributed by atoms with Crippen LogP contribution in [-0.2, 0) is 0 Å². The molecule has 0 bridgehead atoms. The molecule has 0 aliphatic carbocycles. The van der Waals surface area contributed by atoms with Crippen molar-refractivity contribution in [3.05, 3.63) is 82.7 Å². The molecule has 0 fully saturated rings. The number of anilines is 1. The molecule has 1 amide bonds. The maximum Gasteiger partial charge on any atom is 0.322 e. The smallest absolute Gasteiger partial charge is 0.322 e. The molecule has 5 rings (SSSR count). The molecule has 0 aliphatic rings. The monoisotopic (exact) mass is 426 g/mol. The highest BCUT2D eigenvalue weighted by atomic mass is 32.1. The van der Waals surface area contributed by atoms with Crippen LogP contribution >= 0.6 is 11.3 Å². The third kappa shape index (κ3) is 3.71. The Kier molecular flexibility index (Phi) is 4.80. The number of carbonyl (C=O) groups is 1. The van der Waals surface area contributed by atoms with E-state index >= 15 is 0 Å². The Morgan fingerprint density at radius 3 is 2.71 bits per heavy atom. The van der Waals surface area contributed by atoms with Crippen LogP contribution in [0.1, 0.15) is 21.5 Å². The zero-order chi connectivity index (χ0) is 21.4. The molecule has 3 aromatic heterocycles. The summed E-state index contributed by atoms with van der Waals surface area (Å²) in [5, 5.41) is 13.6. The Morgan fingerprint density at radius 1 is 1.00 bits per heavy atom. The first kappa shape index (κ1) is 19.1. The SMILES string of the molecule is Cc1ccc(C)c(-c2nnc(NC(=O)c3cc(-c4cccs4)nc4ccccc34)o2)c1. The lowest BCUT2D eigenvalue weighted by atomic mass is 10.1. The molecule has 31 heavy (non-hydrogen) atoms. The van der Waals surface area contributed by atoms with Gasteiger partial charge in [0.15, 0.2) is 0 Å². The van der Waals surface area contributed by atoms with Crippen LogP contribution in [0.3, 0.4) is 0 Å². The van der Waals surface area contributed by atoms with Crippen LogP contribution in [-0.4, -0.2) is 21.1 Å². The second-order valence-electron chi connectivity index (χ2n) is 7.23. The van der Waals surface area contributed by atoms with E-state index in [1.807, 2.05) is 73.8 Å². The maximum absolute atomic E-state index is 13.2. The van der Waals surface area contributed by atoms with Crippen molar-refractivity contribution in [2.75, 3.05) is 5.32 Å². The Balaban J connectivity index is 1.50. The average Bonchev–Trinajstić information content (AvgIpc) is 3.47. The van der Waals surface area contributed by atoms with Gasteiger partial charge >= 0.3 is 6.01 Å². The largest absolute Gasteiger partial charge is 0.403 e. The predicted octanol–water partition coefficient (Wildman–Crippen LogP) is 5.88. The Morgan fingerprint density at radius 2 is 1.87 bits per heavy atom. The number of nitrogens with zero attached hydrogens (tertiary/aromatic N) is 3. The summed E-state index contributed by atoms with van der Waals surface area (Å²) in [5.74, 6) is 0.0444. The molecule has 5 aromatic rings. The van der Waals surface area contributed by atoms with Crippen LogP contribution in [0.5, 0.6) is 0 Å². The van der Waals surface area contributed by atoms with Gasteiger partial charge in [0.2, 0.25) is 5.89 Å². The molecule has 152 valence electrons. The number of nitrogens with one attached hydrogen (secondary N) is 1. The number of pyridine rings is 1. The van der Waals surface area contributed by atoms with Gasteiger partial charge in [0.1, 0.15) is 0 Å². The summed E-state index contributed by atoms with van der Waals surface area (Å²) >= 11 is 1.58. The van der Waals surface area contributed by atoms with Crippen LogP contribution in [0.2, 0.25) is 0 Å². The summed E-state index contributed by atoms with van der Waals surface area (Å²) in [7, 11) is 0. The summed E-state index contributed by atoms with van der Waals surface area (Å²) in [5.41, 5.74) is 4.96. The van der Waals surface area contributed by atoms with Crippen molar-refractivity contribution >= 4 is 34.2 Å². The quantitative estimate of drug-likeness (QED) is 0.388. The van der Waals surface area contributed by atoms with Gasteiger partial charge in [0, 0.05) is 10.9 Å². The number of hydrogen-bond donors (Lipinski definition) is 1. The Hall–Kier alpha value is -3.84. The molecule has 0 unspecified atom stereocenters. The van der Waals surface area contributed by atoms with E-state index in [0.29, 0.717) is 11.5 Å². The molecule has 3 heterocycles. The molecule has 1 N–H and O–H groups in total. The Labute approximate surface area is 182 Å². The minimum Gasteiger partial charge on any atom is -0.403 e. The van der Waals surface area contributed by atoms with Crippen LogP contribution in [0.25, 0.3) is 32.9 Å². The summed E-state index contributed by atoms with van der Waals surface area (Å²) in [6.45, 7) is 3.98. The average molecular weight is 427 g/mol. The minimum atomic E-state index is -0.326. The van der Waals surface area contributed by atoms with Crippen molar-refractivity contribution in [1.82, 2.24) is 15.2 Å². The number of benzene rings is 2. The lowest BCUT2D eigenvalue weighted by Gasteiger charge is -2.08. The standard InChI is InChI=1S/C24H18N4O2S/c1-14-9-10-15(2)17(12-14)23-27-28-24(30-23)26-22(29)18-13-20(21-8-5-11-31-21)25-19-7-4-3-6-16(18)19/h3-13H,1-2H3,(H,26,28,29). The number of carbonyl (C=O) groups excluding carboxylic acids is 1. The number of fused-ring (bicyclic) bond motifs is 1. The molecular formula is C24H18N4O2S. The first-order chi connectivity index (χ1) is 15.1. The molecule has 0 spiro atoms. The highest BCUT2D eigenvalue weighted by Crippen LogP contribution is 2.29. The van der Waals surface area contributed by atoms with Crippen molar-refractivity contribution in [3.63, 3.8) is 0 Å². The van der Waals surface area contributed by atoms with Crippen molar-refractivity contribution in [1.29, 1.82) is 0 Å².